The molecule has 1 fully saturated rings. The lowest BCUT2D eigenvalue weighted by molar-refractivity contribution is 0.0926. The van der Waals surface area contributed by atoms with Crippen LogP contribution < -0.4 is 9.80 Å². The van der Waals surface area contributed by atoms with Gasteiger partial charge in [0.15, 0.2) is 0 Å². The summed E-state index contributed by atoms with van der Waals surface area (Å²) >= 11 is 0. The zero-order valence-corrected chi connectivity index (χ0v) is 14.6. The number of anilines is 2. The van der Waals surface area contributed by atoms with E-state index in [4.69, 9.17) is 0 Å². The fraction of sp³-hybridized carbons (Fsp3) is 0.286. The van der Waals surface area contributed by atoms with Crippen LogP contribution in [0.4, 0.5) is 11.4 Å². The van der Waals surface area contributed by atoms with Gasteiger partial charge in [-0.25, -0.2) is 4.90 Å². The number of carbonyl (C=O) groups is 2. The van der Waals surface area contributed by atoms with Crippen molar-refractivity contribution >= 4 is 23.2 Å². The van der Waals surface area contributed by atoms with E-state index in [0.29, 0.717) is 28.3 Å². The van der Waals surface area contributed by atoms with Crippen molar-refractivity contribution in [3.63, 3.8) is 0 Å². The van der Waals surface area contributed by atoms with Gasteiger partial charge < -0.3 is 4.90 Å². The lowest BCUT2D eigenvalue weighted by Gasteiger charge is -2.33. The molecule has 0 radical (unpaired) electrons. The molecule has 2 amide bonds. The third-order valence-corrected chi connectivity index (χ3v) is 5.15. The lowest BCUT2D eigenvalue weighted by atomic mass is 9.99. The van der Waals surface area contributed by atoms with Gasteiger partial charge in [-0.3, -0.25) is 9.59 Å². The van der Waals surface area contributed by atoms with Crippen molar-refractivity contribution in [1.82, 2.24) is 0 Å². The first-order chi connectivity index (χ1) is 12.6. The molecule has 5 heteroatoms. The van der Waals surface area contributed by atoms with Gasteiger partial charge >= 0.3 is 0 Å². The Morgan fingerprint density at radius 3 is 2.38 bits per heavy atom. The molecule has 2 aromatic carbocycles. The summed E-state index contributed by atoms with van der Waals surface area (Å²) in [6.07, 6.45) is 2.30. The molecule has 4 rings (SSSR count). The SMILES string of the molecule is CC1CCCN(c2ccc(N3C(=O)c4ccccc4C3=O)cc2C#N)C1. The van der Waals surface area contributed by atoms with Gasteiger partial charge in [-0.05, 0) is 49.1 Å². The van der Waals surface area contributed by atoms with Crippen molar-refractivity contribution in [3.8, 4) is 6.07 Å². The summed E-state index contributed by atoms with van der Waals surface area (Å²) in [4.78, 5) is 28.7. The summed E-state index contributed by atoms with van der Waals surface area (Å²) in [6.45, 7) is 4.05. The topological polar surface area (TPSA) is 64.4 Å². The van der Waals surface area contributed by atoms with Crippen molar-refractivity contribution in [2.75, 3.05) is 22.9 Å². The Morgan fingerprint density at radius 1 is 1.08 bits per heavy atom. The van der Waals surface area contributed by atoms with Crippen molar-refractivity contribution in [3.05, 3.63) is 59.2 Å². The lowest BCUT2D eigenvalue weighted by Crippen LogP contribution is -2.35. The second-order valence-corrected chi connectivity index (χ2v) is 7.00. The number of benzene rings is 2. The van der Waals surface area contributed by atoms with E-state index in [2.05, 4.69) is 17.9 Å². The maximum atomic E-state index is 12.6. The number of fused-ring (bicyclic) bond motifs is 1. The summed E-state index contributed by atoms with van der Waals surface area (Å²) < 4.78 is 0. The molecule has 2 heterocycles. The molecule has 1 saturated heterocycles. The number of rotatable bonds is 2. The summed E-state index contributed by atoms with van der Waals surface area (Å²) in [5, 5.41) is 9.62. The predicted octanol–water partition coefficient (Wildman–Crippen LogP) is 3.60. The van der Waals surface area contributed by atoms with Gasteiger partial charge in [0.25, 0.3) is 11.8 Å². The predicted molar refractivity (Wildman–Crippen MR) is 99.4 cm³/mol. The van der Waals surface area contributed by atoms with Crippen molar-refractivity contribution in [1.29, 1.82) is 5.26 Å². The molecular weight excluding hydrogens is 326 g/mol. The summed E-state index contributed by atoms with van der Waals surface area (Å²) in [5.41, 5.74) is 2.63. The number of nitrogens with zero attached hydrogens (tertiary/aromatic N) is 3. The normalized spacial score (nSPS) is 19.5. The molecule has 2 aliphatic rings. The van der Waals surface area contributed by atoms with Gasteiger partial charge in [-0.1, -0.05) is 19.1 Å². The van der Waals surface area contributed by atoms with Gasteiger partial charge in [0.1, 0.15) is 6.07 Å². The maximum absolute atomic E-state index is 12.6. The van der Waals surface area contributed by atoms with E-state index >= 15 is 0 Å². The van der Waals surface area contributed by atoms with Crippen LogP contribution in [0.25, 0.3) is 0 Å². The highest BCUT2D eigenvalue weighted by molar-refractivity contribution is 6.34. The van der Waals surface area contributed by atoms with Crippen LogP contribution in [0.15, 0.2) is 42.5 Å². The van der Waals surface area contributed by atoms with Gasteiger partial charge in [-0.2, -0.15) is 5.26 Å². The molecule has 0 aromatic heterocycles. The largest absolute Gasteiger partial charge is 0.370 e. The molecule has 26 heavy (non-hydrogen) atoms. The van der Waals surface area contributed by atoms with Crippen LogP contribution in [0.2, 0.25) is 0 Å². The minimum Gasteiger partial charge on any atom is -0.370 e. The Morgan fingerprint density at radius 2 is 1.77 bits per heavy atom. The summed E-state index contributed by atoms with van der Waals surface area (Å²) in [6, 6.07) is 14.3. The maximum Gasteiger partial charge on any atom is 0.266 e. The first-order valence-electron chi connectivity index (χ1n) is 8.87. The first kappa shape index (κ1) is 16.3. The number of imide groups is 1. The zero-order chi connectivity index (χ0) is 18.3. The molecule has 0 spiro atoms. The van der Waals surface area contributed by atoms with Crippen molar-refractivity contribution in [2.24, 2.45) is 5.92 Å². The minimum absolute atomic E-state index is 0.339. The molecule has 2 aliphatic heterocycles. The Kier molecular flexibility index (Phi) is 3.96. The Bertz CT molecular complexity index is 910. The molecule has 1 atom stereocenters. The third kappa shape index (κ3) is 2.55. The number of hydrogen-bond acceptors (Lipinski definition) is 4. The van der Waals surface area contributed by atoms with E-state index in [1.807, 2.05) is 6.07 Å². The van der Waals surface area contributed by atoms with Crippen LogP contribution in [0.5, 0.6) is 0 Å². The van der Waals surface area contributed by atoms with Crippen LogP contribution in [0.3, 0.4) is 0 Å². The molecule has 0 saturated carbocycles. The number of amides is 2. The van der Waals surface area contributed by atoms with Gasteiger partial charge in [0.2, 0.25) is 0 Å². The van der Waals surface area contributed by atoms with E-state index in [9.17, 15) is 14.9 Å². The highest BCUT2D eigenvalue weighted by Gasteiger charge is 2.36. The molecule has 2 aromatic rings. The molecular formula is C21H19N3O2. The smallest absolute Gasteiger partial charge is 0.266 e. The standard InChI is InChI=1S/C21H19N3O2/c1-14-5-4-10-23(13-14)19-9-8-16(11-15(19)12-22)24-20(25)17-6-2-3-7-18(17)21(24)26/h2-3,6-9,11,14H,4-5,10,13H2,1H3. The van der Waals surface area contributed by atoms with E-state index in [1.165, 1.54) is 6.42 Å². The highest BCUT2D eigenvalue weighted by atomic mass is 16.2. The van der Waals surface area contributed by atoms with Crippen LogP contribution in [-0.2, 0) is 0 Å². The quantitative estimate of drug-likeness (QED) is 0.780. The number of nitriles is 1. The van der Waals surface area contributed by atoms with Gasteiger partial charge in [-0.15, -0.1) is 0 Å². The molecule has 0 bridgehead atoms. The van der Waals surface area contributed by atoms with Crippen molar-refractivity contribution in [2.45, 2.75) is 19.8 Å². The fourth-order valence-electron chi connectivity index (χ4n) is 3.86. The van der Waals surface area contributed by atoms with Gasteiger partial charge in [0.05, 0.1) is 28.1 Å². The fourth-order valence-corrected chi connectivity index (χ4v) is 3.86. The average molecular weight is 345 g/mol. The number of piperidine rings is 1. The van der Waals surface area contributed by atoms with Crippen LogP contribution in [0.1, 0.15) is 46.0 Å². The summed E-state index contributed by atoms with van der Waals surface area (Å²) in [7, 11) is 0. The minimum atomic E-state index is -0.339. The molecule has 5 nitrogen and oxygen atoms in total. The van der Waals surface area contributed by atoms with E-state index < -0.39 is 0 Å². The number of hydrogen-bond donors (Lipinski definition) is 0. The summed E-state index contributed by atoms with van der Waals surface area (Å²) in [5.74, 6) is -0.0890. The molecule has 130 valence electrons. The second-order valence-electron chi connectivity index (χ2n) is 7.00. The zero-order valence-electron chi connectivity index (χ0n) is 14.6. The van der Waals surface area contributed by atoms with Crippen LogP contribution in [0, 0.1) is 17.2 Å². The Hall–Kier alpha value is -3.13. The molecule has 0 N–H and O–H groups in total. The van der Waals surface area contributed by atoms with E-state index in [-0.39, 0.29) is 11.8 Å². The highest BCUT2D eigenvalue weighted by Crippen LogP contribution is 2.33. The first-order valence-corrected chi connectivity index (χ1v) is 8.87. The monoisotopic (exact) mass is 345 g/mol. The van der Waals surface area contributed by atoms with Crippen LogP contribution >= 0.6 is 0 Å². The molecule has 0 aliphatic carbocycles. The average Bonchev–Trinajstić information content (AvgIpc) is 2.92. The third-order valence-electron chi connectivity index (χ3n) is 5.15. The van der Waals surface area contributed by atoms with Crippen molar-refractivity contribution < 1.29 is 9.59 Å². The Balaban J connectivity index is 1.70. The number of carbonyl (C=O) groups excluding carboxylic acids is 2. The Labute approximate surface area is 152 Å². The second kappa shape index (κ2) is 6.30. The van der Waals surface area contributed by atoms with Crippen LogP contribution in [-0.4, -0.2) is 24.9 Å². The van der Waals surface area contributed by atoms with E-state index in [1.54, 1.807) is 36.4 Å². The van der Waals surface area contributed by atoms with E-state index in [0.717, 1.165) is 30.1 Å². The van der Waals surface area contributed by atoms with Gasteiger partial charge in [0, 0.05) is 13.1 Å². The molecule has 1 unspecified atom stereocenters.